The molecule has 2 nitrogen and oxygen atoms in total. The number of hydrogen-bond acceptors (Lipinski definition) is 2. The second kappa shape index (κ2) is 1910. The summed E-state index contributed by atoms with van der Waals surface area (Å²) in [4.78, 5) is 0. The predicted molar refractivity (Wildman–Crippen MR) is 58.2 cm³/mol. The maximum absolute atomic E-state index is 0. The van der Waals surface area contributed by atoms with Gasteiger partial charge >= 0.3 is 0 Å². The van der Waals surface area contributed by atoms with Crippen LogP contribution < -0.4 is 12.3 Å². The van der Waals surface area contributed by atoms with Crippen LogP contribution in [0.15, 0.2) is 0 Å². The molecule has 0 aromatic rings. The van der Waals surface area contributed by atoms with Crippen LogP contribution in [0.1, 0.15) is 37.1 Å². The quantitative estimate of drug-likeness (QED) is 0.591. The zero-order chi connectivity index (χ0) is 0. The minimum atomic E-state index is 0. The first-order valence-corrected chi connectivity index (χ1v) is 0. The minimum absolute atomic E-state index is 0. The standard InChI is InChI=1S/5CH4.2ClH.2H3N/h5*1H4;2*1H;2*1H3. The number of halogens is 2. The summed E-state index contributed by atoms with van der Waals surface area (Å²) in [6, 6.07) is 0. The Bertz CT molecular complexity index is 12.9. The van der Waals surface area contributed by atoms with E-state index in [1.165, 1.54) is 0 Å². The van der Waals surface area contributed by atoms with E-state index in [0.717, 1.165) is 0 Å². The first-order chi connectivity index (χ1) is 0. The summed E-state index contributed by atoms with van der Waals surface area (Å²) in [6.07, 6.45) is 0. The van der Waals surface area contributed by atoms with Gasteiger partial charge in [0.2, 0.25) is 0 Å². The van der Waals surface area contributed by atoms with E-state index < -0.39 is 0 Å². The van der Waals surface area contributed by atoms with Gasteiger partial charge in [-0.2, -0.15) is 0 Å². The van der Waals surface area contributed by atoms with Crippen molar-refractivity contribution in [3.63, 3.8) is 0 Å². The highest BCUT2D eigenvalue weighted by atomic mass is 35.5. The fourth-order valence-corrected chi connectivity index (χ4v) is 0. The van der Waals surface area contributed by atoms with Gasteiger partial charge in [-0.3, -0.25) is 0 Å². The lowest BCUT2D eigenvalue weighted by Crippen LogP contribution is -0.482. The first-order valence-electron chi connectivity index (χ1n) is 0. The third-order valence-electron chi connectivity index (χ3n) is 0. The normalized spacial score (nSPS) is 0. The van der Waals surface area contributed by atoms with Crippen molar-refractivity contribution in [3.05, 3.63) is 0 Å². The summed E-state index contributed by atoms with van der Waals surface area (Å²) < 4.78 is 0. The van der Waals surface area contributed by atoms with Gasteiger partial charge in [0.25, 0.3) is 0 Å². The van der Waals surface area contributed by atoms with E-state index in [0.29, 0.717) is 0 Å². The minimum Gasteiger partial charge on any atom is -0.344 e. The van der Waals surface area contributed by atoms with Gasteiger partial charge in [0.1, 0.15) is 0 Å². The highest BCUT2D eigenvalue weighted by Crippen LogP contribution is 0.691. The molecule has 0 aliphatic carbocycles. The molecule has 4 heteroatoms. The highest BCUT2D eigenvalue weighted by Gasteiger charge is -0.0734. The molecule has 0 aliphatic rings. The van der Waals surface area contributed by atoms with Crippen molar-refractivity contribution in [2.75, 3.05) is 0 Å². The molecule has 6 N–H and O–H groups in total. The van der Waals surface area contributed by atoms with Gasteiger partial charge in [-0.15, -0.1) is 24.8 Å². The van der Waals surface area contributed by atoms with Crippen LogP contribution >= 0.6 is 24.8 Å². The molecule has 0 saturated carbocycles. The summed E-state index contributed by atoms with van der Waals surface area (Å²) in [5, 5.41) is 0. The Hall–Kier alpha value is 0.500. The van der Waals surface area contributed by atoms with E-state index in [1.54, 1.807) is 0 Å². The molecule has 0 rings (SSSR count). The van der Waals surface area contributed by atoms with Crippen LogP contribution in [-0.4, -0.2) is 0 Å². The Morgan fingerprint density at radius 2 is 0.333 bits per heavy atom. The second-order valence-corrected chi connectivity index (χ2v) is 0. The Labute approximate surface area is 74.8 Å². The van der Waals surface area contributed by atoms with Crippen molar-refractivity contribution >= 4 is 24.8 Å². The molecule has 9 heavy (non-hydrogen) atoms. The third kappa shape index (κ3) is 1440. The molecule has 0 heterocycles. The molecular weight excluding hydrogens is 159 g/mol. The summed E-state index contributed by atoms with van der Waals surface area (Å²) in [6.45, 7) is 0. The second-order valence-electron chi connectivity index (χ2n) is 0. The lowest BCUT2D eigenvalue weighted by Gasteiger charge is -0.345. The topological polar surface area (TPSA) is 70.0 Å². The third-order valence-corrected chi connectivity index (χ3v) is 0. The average molecular weight is 187 g/mol. The molecule has 0 spiro atoms. The molecule has 0 bridgehead atoms. The smallest absolute Gasteiger partial charge is 0.0776 e. The van der Waals surface area contributed by atoms with Crippen molar-refractivity contribution < 1.29 is 0 Å². The molecule has 0 aromatic carbocycles. The number of rotatable bonds is 0. The van der Waals surface area contributed by atoms with Gasteiger partial charge in [0.15, 0.2) is 0 Å². The van der Waals surface area contributed by atoms with E-state index in [4.69, 9.17) is 0 Å². The van der Waals surface area contributed by atoms with Gasteiger partial charge in [-0.1, -0.05) is 37.1 Å². The van der Waals surface area contributed by atoms with E-state index in [2.05, 4.69) is 0 Å². The van der Waals surface area contributed by atoms with Crippen molar-refractivity contribution in [1.82, 2.24) is 12.3 Å². The van der Waals surface area contributed by atoms with Crippen LogP contribution in [-0.2, 0) is 0 Å². The first kappa shape index (κ1) is 2750. The lowest BCUT2D eigenvalue weighted by molar-refractivity contribution is 2.13. The maximum Gasteiger partial charge on any atom is -0.0776 e. The monoisotopic (exact) mass is 186 g/mol. The van der Waals surface area contributed by atoms with E-state index in [9.17, 15) is 0 Å². The lowest BCUT2D eigenvalue weighted by atomic mass is 12.0. The Morgan fingerprint density at radius 1 is 0.333 bits per heavy atom. The zero-order valence-electron chi connectivity index (χ0n) is 2.23. The van der Waals surface area contributed by atoms with Crippen LogP contribution in [0.25, 0.3) is 0 Å². The Balaban J connectivity index is 0. The van der Waals surface area contributed by atoms with Crippen LogP contribution in [0, 0.1) is 0 Å². The van der Waals surface area contributed by atoms with Crippen molar-refractivity contribution in [1.29, 1.82) is 0 Å². The summed E-state index contributed by atoms with van der Waals surface area (Å²) >= 11 is 0. The predicted octanol–water partition coefficient (Wildman–Crippen LogP) is 4.35. The summed E-state index contributed by atoms with van der Waals surface area (Å²) in [7, 11) is 0. The van der Waals surface area contributed by atoms with Gasteiger partial charge in [-0.25, -0.2) is 0 Å². The average Bonchev–Trinajstić information content (AvgIpc) is 0. The van der Waals surface area contributed by atoms with Crippen LogP contribution in [0.3, 0.4) is 0 Å². The fraction of sp³-hybridized carbons (Fsp3) is 1.00. The SMILES string of the molecule is C.C.C.C.C.Cl.Cl.N.N. The summed E-state index contributed by atoms with van der Waals surface area (Å²) in [5.41, 5.74) is 0. The van der Waals surface area contributed by atoms with Crippen molar-refractivity contribution in [2.45, 2.75) is 37.1 Å². The molecule has 0 unspecified atom stereocenters. The van der Waals surface area contributed by atoms with Crippen LogP contribution in [0.2, 0.25) is 0 Å². The van der Waals surface area contributed by atoms with Gasteiger partial charge in [0, 0.05) is 0 Å². The molecule has 0 atom stereocenters. The molecule has 0 saturated heterocycles. The van der Waals surface area contributed by atoms with Crippen molar-refractivity contribution in [3.8, 4) is 0 Å². The molecule has 0 fully saturated rings. The Kier molecular flexibility index (Phi) is 583000. The molecule has 0 radical (unpaired) electrons. The van der Waals surface area contributed by atoms with Crippen LogP contribution in [0.5, 0.6) is 0 Å². The molecule has 0 aliphatic heterocycles. The molecule has 0 aromatic heterocycles. The van der Waals surface area contributed by atoms with E-state index in [-0.39, 0.29) is 74.2 Å². The van der Waals surface area contributed by atoms with Crippen molar-refractivity contribution in [2.24, 2.45) is 0 Å². The summed E-state index contributed by atoms with van der Waals surface area (Å²) in [5.74, 6) is 0. The highest BCUT2D eigenvalue weighted by molar-refractivity contribution is 5.85. The van der Waals surface area contributed by atoms with E-state index in [1.807, 2.05) is 0 Å². The van der Waals surface area contributed by atoms with Gasteiger partial charge in [-0.05, 0) is 0 Å². The number of hydrogen-bond donors (Lipinski definition) is 2. The molecular formula is C5H28Cl2N2. The fourth-order valence-electron chi connectivity index (χ4n) is 0. The Morgan fingerprint density at radius 3 is 0.333 bits per heavy atom. The van der Waals surface area contributed by atoms with Crippen LogP contribution in [0.4, 0.5) is 0 Å². The largest absolute Gasteiger partial charge is 0.344 e. The zero-order valence-corrected chi connectivity index (χ0v) is 3.86. The van der Waals surface area contributed by atoms with E-state index >= 15 is 0 Å². The van der Waals surface area contributed by atoms with Gasteiger partial charge in [0.05, 0.1) is 0 Å². The maximum atomic E-state index is 0. The van der Waals surface area contributed by atoms with Gasteiger partial charge < -0.3 is 12.3 Å². The molecule has 72 valence electrons. The molecule has 0 amide bonds.